The molecule has 0 amide bonds. The number of rotatable bonds is 2. The Kier molecular flexibility index (Phi) is 4.52. The van der Waals surface area contributed by atoms with Gasteiger partial charge in [-0.1, -0.05) is 87.4 Å². The van der Waals surface area contributed by atoms with E-state index in [1.165, 1.54) is 44.9 Å². The summed E-state index contributed by atoms with van der Waals surface area (Å²) in [6.45, 7) is 0. The molecule has 1 saturated carbocycles. The normalized spacial score (nSPS) is 18.2. The Balaban J connectivity index is 1.69. The number of ketones is 2. The summed E-state index contributed by atoms with van der Waals surface area (Å²) in [4.78, 5) is 25.9. The molecule has 2 aromatic carbocycles. The van der Waals surface area contributed by atoms with Crippen LogP contribution in [0, 0.1) is 5.92 Å². The van der Waals surface area contributed by atoms with Crippen molar-refractivity contribution in [3.8, 4) is 0 Å². The van der Waals surface area contributed by atoms with E-state index in [9.17, 15) is 9.59 Å². The van der Waals surface area contributed by atoms with Gasteiger partial charge in [0.1, 0.15) is 0 Å². The summed E-state index contributed by atoms with van der Waals surface area (Å²) in [6.07, 6.45) is 9.99. The average molecular weight is 332 g/mol. The highest BCUT2D eigenvalue weighted by atomic mass is 16.1. The molecule has 2 aliphatic rings. The van der Waals surface area contributed by atoms with E-state index in [2.05, 4.69) is 6.07 Å². The molecule has 0 unspecified atom stereocenters. The maximum atomic E-state index is 13.1. The van der Waals surface area contributed by atoms with Gasteiger partial charge in [-0.25, -0.2) is 0 Å². The van der Waals surface area contributed by atoms with Crippen molar-refractivity contribution in [2.45, 2.75) is 51.4 Å². The summed E-state index contributed by atoms with van der Waals surface area (Å²) in [5, 5.41) is 0. The van der Waals surface area contributed by atoms with Gasteiger partial charge in [-0.2, -0.15) is 0 Å². The topological polar surface area (TPSA) is 34.1 Å². The largest absolute Gasteiger partial charge is 0.289 e. The fraction of sp³-hybridized carbons (Fsp3) is 0.391. The average Bonchev–Trinajstić information content (AvgIpc) is 2.62. The molecule has 2 nitrogen and oxygen atoms in total. The molecule has 0 bridgehead atoms. The van der Waals surface area contributed by atoms with Crippen LogP contribution in [0.15, 0.2) is 42.5 Å². The first-order valence-electron chi connectivity index (χ1n) is 9.56. The summed E-state index contributed by atoms with van der Waals surface area (Å²) in [6, 6.07) is 13.0. The molecule has 0 spiro atoms. The van der Waals surface area contributed by atoms with Crippen molar-refractivity contribution in [3.05, 3.63) is 70.3 Å². The van der Waals surface area contributed by atoms with Gasteiger partial charge >= 0.3 is 0 Å². The van der Waals surface area contributed by atoms with Crippen LogP contribution in [-0.2, 0) is 6.42 Å². The molecule has 4 rings (SSSR count). The highest BCUT2D eigenvalue weighted by Gasteiger charge is 2.31. The third-order valence-corrected chi connectivity index (χ3v) is 5.77. The maximum absolute atomic E-state index is 13.1. The van der Waals surface area contributed by atoms with Crippen LogP contribution in [0.3, 0.4) is 0 Å². The van der Waals surface area contributed by atoms with Gasteiger partial charge in [0, 0.05) is 22.3 Å². The Hall–Kier alpha value is -2.22. The zero-order valence-electron chi connectivity index (χ0n) is 14.6. The molecule has 2 heteroatoms. The molecular formula is C23H24O2. The Bertz CT molecular complexity index is 811. The van der Waals surface area contributed by atoms with Crippen molar-refractivity contribution in [2.24, 2.45) is 5.92 Å². The van der Waals surface area contributed by atoms with Crippen LogP contribution in [0.5, 0.6) is 0 Å². The lowest BCUT2D eigenvalue weighted by atomic mass is 9.78. The zero-order valence-corrected chi connectivity index (χ0v) is 14.6. The first kappa shape index (κ1) is 16.3. The first-order chi connectivity index (χ1) is 12.3. The lowest BCUT2D eigenvalue weighted by Gasteiger charge is -2.24. The minimum Gasteiger partial charge on any atom is -0.289 e. The smallest absolute Gasteiger partial charge is 0.194 e. The summed E-state index contributed by atoms with van der Waals surface area (Å²) < 4.78 is 0. The second-order valence-corrected chi connectivity index (χ2v) is 7.46. The van der Waals surface area contributed by atoms with Gasteiger partial charge in [-0.3, -0.25) is 9.59 Å². The monoisotopic (exact) mass is 332 g/mol. The van der Waals surface area contributed by atoms with E-state index >= 15 is 0 Å². The predicted octanol–water partition coefficient (Wildman–Crippen LogP) is 5.37. The molecule has 2 aliphatic carbocycles. The number of carbonyl (C=O) groups is 2. The molecule has 2 aromatic rings. The molecule has 0 saturated heterocycles. The minimum atomic E-state index is -0.00952. The lowest BCUT2D eigenvalue weighted by molar-refractivity contribution is 0.0978. The standard InChI is InChI=1S/C23H24O2/c24-22-18-12-6-7-13-19(18)23(25)21-17(11-8-14-20(21)22)15-16-9-4-2-1-3-5-10-16/h6-8,11-14,16H,1-5,9-10,15H2. The van der Waals surface area contributed by atoms with Crippen molar-refractivity contribution >= 4 is 11.6 Å². The van der Waals surface area contributed by atoms with Crippen LogP contribution in [0.25, 0.3) is 0 Å². The number of carbonyl (C=O) groups excluding carboxylic acids is 2. The molecule has 0 radical (unpaired) electrons. The van der Waals surface area contributed by atoms with Crippen LogP contribution in [0.4, 0.5) is 0 Å². The van der Waals surface area contributed by atoms with Gasteiger partial charge in [0.2, 0.25) is 0 Å². The number of benzene rings is 2. The predicted molar refractivity (Wildman–Crippen MR) is 99.3 cm³/mol. The Morgan fingerprint density at radius 2 is 1.28 bits per heavy atom. The molecule has 0 aliphatic heterocycles. The van der Waals surface area contributed by atoms with Crippen LogP contribution >= 0.6 is 0 Å². The van der Waals surface area contributed by atoms with Crippen molar-refractivity contribution in [2.75, 3.05) is 0 Å². The Morgan fingerprint density at radius 1 is 0.680 bits per heavy atom. The summed E-state index contributed by atoms with van der Waals surface area (Å²) >= 11 is 0. The number of hydrogen-bond donors (Lipinski definition) is 0. The second-order valence-electron chi connectivity index (χ2n) is 7.46. The van der Waals surface area contributed by atoms with Crippen LogP contribution in [-0.4, -0.2) is 11.6 Å². The quantitative estimate of drug-likeness (QED) is 0.632. The summed E-state index contributed by atoms with van der Waals surface area (Å²) in [5.41, 5.74) is 3.42. The van der Waals surface area contributed by atoms with E-state index in [0.717, 1.165) is 12.0 Å². The SMILES string of the molecule is O=C1c2ccccc2C(=O)c2c(CC3CCCCCCC3)cccc21. The number of hydrogen-bond acceptors (Lipinski definition) is 2. The van der Waals surface area contributed by atoms with Crippen molar-refractivity contribution in [3.63, 3.8) is 0 Å². The van der Waals surface area contributed by atoms with Gasteiger partial charge in [0.25, 0.3) is 0 Å². The third-order valence-electron chi connectivity index (χ3n) is 5.77. The maximum Gasteiger partial charge on any atom is 0.194 e. The van der Waals surface area contributed by atoms with Gasteiger partial charge in [0.05, 0.1) is 0 Å². The molecule has 0 atom stereocenters. The van der Waals surface area contributed by atoms with E-state index < -0.39 is 0 Å². The Labute approximate surface area is 149 Å². The van der Waals surface area contributed by atoms with Crippen molar-refractivity contribution in [1.29, 1.82) is 0 Å². The molecule has 1 fully saturated rings. The second kappa shape index (κ2) is 6.95. The summed E-state index contributed by atoms with van der Waals surface area (Å²) in [7, 11) is 0. The molecule has 0 N–H and O–H groups in total. The number of fused-ring (bicyclic) bond motifs is 2. The van der Waals surface area contributed by atoms with Gasteiger partial charge in [-0.05, 0) is 17.9 Å². The van der Waals surface area contributed by atoms with Crippen molar-refractivity contribution in [1.82, 2.24) is 0 Å². The van der Waals surface area contributed by atoms with E-state index in [0.29, 0.717) is 28.2 Å². The van der Waals surface area contributed by atoms with E-state index in [-0.39, 0.29) is 11.6 Å². The highest BCUT2D eigenvalue weighted by molar-refractivity contribution is 6.28. The molecule has 25 heavy (non-hydrogen) atoms. The van der Waals surface area contributed by atoms with E-state index in [1.807, 2.05) is 24.3 Å². The minimum absolute atomic E-state index is 0.00952. The van der Waals surface area contributed by atoms with Crippen LogP contribution in [0.2, 0.25) is 0 Å². The molecule has 0 aromatic heterocycles. The molecule has 128 valence electrons. The van der Waals surface area contributed by atoms with Gasteiger partial charge in [0.15, 0.2) is 11.6 Å². The van der Waals surface area contributed by atoms with Crippen LogP contribution < -0.4 is 0 Å². The van der Waals surface area contributed by atoms with Gasteiger partial charge in [-0.15, -0.1) is 0 Å². The van der Waals surface area contributed by atoms with E-state index in [4.69, 9.17) is 0 Å². The van der Waals surface area contributed by atoms with Crippen molar-refractivity contribution < 1.29 is 9.59 Å². The van der Waals surface area contributed by atoms with Gasteiger partial charge < -0.3 is 0 Å². The molecule has 0 heterocycles. The molecular weight excluding hydrogens is 308 g/mol. The zero-order chi connectivity index (χ0) is 17.2. The first-order valence-corrected chi connectivity index (χ1v) is 9.56. The summed E-state index contributed by atoms with van der Waals surface area (Å²) in [5.74, 6) is 0.642. The fourth-order valence-electron chi connectivity index (χ4n) is 4.44. The Morgan fingerprint density at radius 3 is 2.00 bits per heavy atom. The fourth-order valence-corrected chi connectivity index (χ4v) is 4.44. The van der Waals surface area contributed by atoms with E-state index in [1.54, 1.807) is 12.1 Å². The lowest BCUT2D eigenvalue weighted by Crippen LogP contribution is -2.23. The highest BCUT2D eigenvalue weighted by Crippen LogP contribution is 2.32. The van der Waals surface area contributed by atoms with Crippen LogP contribution in [0.1, 0.15) is 82.4 Å². The third kappa shape index (κ3) is 3.06.